The molecule has 1 fully saturated rings. The molecule has 100 valence electrons. The van der Waals surface area contributed by atoms with Gasteiger partial charge in [0.2, 0.25) is 0 Å². The molecular formula is C15H19N3O. The molecule has 1 N–H and O–H groups in total. The third-order valence-corrected chi connectivity index (χ3v) is 3.97. The Hall–Kier alpha value is -1.81. The summed E-state index contributed by atoms with van der Waals surface area (Å²) >= 11 is 0. The van der Waals surface area contributed by atoms with Crippen molar-refractivity contribution in [3.05, 3.63) is 35.5 Å². The van der Waals surface area contributed by atoms with E-state index >= 15 is 0 Å². The molecule has 0 bridgehead atoms. The van der Waals surface area contributed by atoms with Crippen LogP contribution in [0.25, 0.3) is 10.9 Å². The summed E-state index contributed by atoms with van der Waals surface area (Å²) in [6.45, 7) is 5.39. The second kappa shape index (κ2) is 4.70. The van der Waals surface area contributed by atoms with E-state index in [9.17, 15) is 4.79 Å². The highest BCUT2D eigenvalue weighted by Gasteiger charge is 2.24. The number of piperazine rings is 1. The van der Waals surface area contributed by atoms with Crippen molar-refractivity contribution in [3.63, 3.8) is 0 Å². The molecule has 0 saturated carbocycles. The van der Waals surface area contributed by atoms with Crippen LogP contribution in [0.2, 0.25) is 0 Å². The van der Waals surface area contributed by atoms with Gasteiger partial charge in [-0.25, -0.2) is 0 Å². The van der Waals surface area contributed by atoms with Gasteiger partial charge >= 0.3 is 0 Å². The van der Waals surface area contributed by atoms with Crippen LogP contribution in [0.3, 0.4) is 0 Å². The molecule has 1 aromatic carbocycles. The van der Waals surface area contributed by atoms with Gasteiger partial charge in [-0.1, -0.05) is 18.2 Å². The topological polar surface area (TPSA) is 37.3 Å². The molecule has 0 aliphatic carbocycles. The van der Waals surface area contributed by atoms with E-state index in [1.54, 1.807) is 0 Å². The molecule has 2 aromatic rings. The summed E-state index contributed by atoms with van der Waals surface area (Å²) in [7, 11) is 1.98. The van der Waals surface area contributed by atoms with Gasteiger partial charge in [-0.3, -0.25) is 4.79 Å². The Kier molecular flexibility index (Phi) is 3.03. The van der Waals surface area contributed by atoms with Crippen LogP contribution in [0.1, 0.15) is 16.1 Å². The minimum atomic E-state index is 0.151. The standard InChI is InChI=1S/C15H19N3O/c1-11-12-5-3-4-6-13(12)17(2)14(11)15(19)18-9-7-16-8-10-18/h3-6,16H,7-10H2,1-2H3. The average Bonchev–Trinajstić information content (AvgIpc) is 2.72. The summed E-state index contributed by atoms with van der Waals surface area (Å²) in [5.41, 5.74) is 3.03. The van der Waals surface area contributed by atoms with E-state index < -0.39 is 0 Å². The maximum absolute atomic E-state index is 12.7. The molecule has 19 heavy (non-hydrogen) atoms. The highest BCUT2D eigenvalue weighted by molar-refractivity contribution is 6.01. The fraction of sp³-hybridized carbons (Fsp3) is 0.400. The lowest BCUT2D eigenvalue weighted by atomic mass is 10.1. The van der Waals surface area contributed by atoms with Crippen LogP contribution in [0.15, 0.2) is 24.3 Å². The number of carbonyl (C=O) groups is 1. The molecule has 0 atom stereocenters. The molecule has 1 aliphatic heterocycles. The number of benzene rings is 1. The summed E-state index contributed by atoms with van der Waals surface area (Å²) in [6, 6.07) is 8.19. The lowest BCUT2D eigenvalue weighted by Gasteiger charge is -2.27. The second-order valence-corrected chi connectivity index (χ2v) is 5.09. The van der Waals surface area contributed by atoms with Gasteiger partial charge in [0, 0.05) is 44.1 Å². The Morgan fingerprint density at radius 3 is 2.58 bits per heavy atom. The van der Waals surface area contributed by atoms with E-state index in [4.69, 9.17) is 0 Å². The Balaban J connectivity index is 2.06. The molecule has 0 spiro atoms. The summed E-state index contributed by atoms with van der Waals surface area (Å²) in [5.74, 6) is 0.151. The predicted molar refractivity (Wildman–Crippen MR) is 76.4 cm³/mol. The van der Waals surface area contributed by atoms with Gasteiger partial charge in [-0.2, -0.15) is 0 Å². The number of hydrogen-bond acceptors (Lipinski definition) is 2. The van der Waals surface area contributed by atoms with Crippen molar-refractivity contribution in [2.45, 2.75) is 6.92 Å². The molecule has 1 saturated heterocycles. The van der Waals surface area contributed by atoms with Crippen LogP contribution in [-0.2, 0) is 7.05 Å². The fourth-order valence-electron chi connectivity index (χ4n) is 2.90. The number of amides is 1. The van der Waals surface area contributed by atoms with Crippen molar-refractivity contribution >= 4 is 16.8 Å². The molecule has 4 heteroatoms. The summed E-state index contributed by atoms with van der Waals surface area (Å²) in [5, 5.41) is 4.45. The van der Waals surface area contributed by atoms with E-state index in [2.05, 4.69) is 17.4 Å². The van der Waals surface area contributed by atoms with Gasteiger partial charge in [-0.15, -0.1) is 0 Å². The number of nitrogens with zero attached hydrogens (tertiary/aromatic N) is 2. The van der Waals surface area contributed by atoms with Crippen molar-refractivity contribution in [1.29, 1.82) is 0 Å². The maximum Gasteiger partial charge on any atom is 0.270 e. The van der Waals surface area contributed by atoms with Gasteiger partial charge < -0.3 is 14.8 Å². The number of para-hydroxylation sites is 1. The van der Waals surface area contributed by atoms with E-state index in [0.29, 0.717) is 0 Å². The van der Waals surface area contributed by atoms with Gasteiger partial charge in [0.05, 0.1) is 0 Å². The molecular weight excluding hydrogens is 238 g/mol. The molecule has 0 radical (unpaired) electrons. The first kappa shape index (κ1) is 12.2. The Morgan fingerprint density at radius 1 is 1.21 bits per heavy atom. The van der Waals surface area contributed by atoms with Crippen LogP contribution >= 0.6 is 0 Å². The lowest BCUT2D eigenvalue weighted by molar-refractivity contribution is 0.0726. The Labute approximate surface area is 113 Å². The SMILES string of the molecule is Cc1c(C(=O)N2CCNCC2)n(C)c2ccccc12. The number of nitrogens with one attached hydrogen (secondary N) is 1. The largest absolute Gasteiger partial charge is 0.339 e. The first-order chi connectivity index (χ1) is 9.20. The zero-order valence-electron chi connectivity index (χ0n) is 11.4. The van der Waals surface area contributed by atoms with Gasteiger partial charge in [0.1, 0.15) is 5.69 Å². The molecule has 1 amide bonds. The number of carbonyl (C=O) groups excluding carboxylic acids is 1. The van der Waals surface area contributed by atoms with Crippen LogP contribution in [0.4, 0.5) is 0 Å². The number of aromatic nitrogens is 1. The Bertz CT molecular complexity index is 585. The lowest BCUT2D eigenvalue weighted by Crippen LogP contribution is -2.47. The van der Waals surface area contributed by atoms with E-state index in [1.807, 2.05) is 35.6 Å². The van der Waals surface area contributed by atoms with E-state index in [-0.39, 0.29) is 5.91 Å². The minimum absolute atomic E-state index is 0.151. The smallest absolute Gasteiger partial charge is 0.270 e. The van der Waals surface area contributed by atoms with Crippen molar-refractivity contribution < 1.29 is 4.79 Å². The monoisotopic (exact) mass is 257 g/mol. The normalized spacial score (nSPS) is 16.0. The molecule has 2 heterocycles. The third kappa shape index (κ3) is 1.92. The highest BCUT2D eigenvalue weighted by atomic mass is 16.2. The molecule has 1 aliphatic rings. The second-order valence-electron chi connectivity index (χ2n) is 5.09. The first-order valence-electron chi connectivity index (χ1n) is 6.74. The third-order valence-electron chi connectivity index (χ3n) is 3.97. The van der Waals surface area contributed by atoms with E-state index in [0.717, 1.165) is 43.0 Å². The van der Waals surface area contributed by atoms with Crippen molar-refractivity contribution in [3.8, 4) is 0 Å². The fourth-order valence-corrected chi connectivity index (χ4v) is 2.90. The van der Waals surface area contributed by atoms with Crippen molar-refractivity contribution in [2.75, 3.05) is 26.2 Å². The number of rotatable bonds is 1. The van der Waals surface area contributed by atoms with Crippen molar-refractivity contribution in [1.82, 2.24) is 14.8 Å². The zero-order valence-corrected chi connectivity index (χ0v) is 11.4. The number of fused-ring (bicyclic) bond motifs is 1. The average molecular weight is 257 g/mol. The van der Waals surface area contributed by atoms with Crippen LogP contribution < -0.4 is 5.32 Å². The predicted octanol–water partition coefficient (Wildman–Crippen LogP) is 1.53. The van der Waals surface area contributed by atoms with Gasteiger partial charge in [0.15, 0.2) is 0 Å². The molecule has 0 unspecified atom stereocenters. The van der Waals surface area contributed by atoms with Crippen LogP contribution in [0, 0.1) is 6.92 Å². The number of hydrogen-bond donors (Lipinski definition) is 1. The maximum atomic E-state index is 12.7. The minimum Gasteiger partial charge on any atom is -0.339 e. The molecule has 1 aromatic heterocycles. The number of aryl methyl sites for hydroxylation is 2. The summed E-state index contributed by atoms with van der Waals surface area (Å²) in [6.07, 6.45) is 0. The van der Waals surface area contributed by atoms with Crippen LogP contribution in [0.5, 0.6) is 0 Å². The summed E-state index contributed by atoms with van der Waals surface area (Å²) in [4.78, 5) is 14.6. The van der Waals surface area contributed by atoms with E-state index in [1.165, 1.54) is 5.39 Å². The van der Waals surface area contributed by atoms with Gasteiger partial charge in [0.25, 0.3) is 5.91 Å². The first-order valence-corrected chi connectivity index (χ1v) is 6.74. The Morgan fingerprint density at radius 2 is 1.89 bits per heavy atom. The molecule has 3 rings (SSSR count). The molecule has 4 nitrogen and oxygen atoms in total. The quantitative estimate of drug-likeness (QED) is 0.841. The zero-order chi connectivity index (χ0) is 13.4. The summed E-state index contributed by atoms with van der Waals surface area (Å²) < 4.78 is 2.02. The van der Waals surface area contributed by atoms with Crippen molar-refractivity contribution in [2.24, 2.45) is 7.05 Å². The van der Waals surface area contributed by atoms with Crippen LogP contribution in [-0.4, -0.2) is 41.6 Å². The van der Waals surface area contributed by atoms with Gasteiger partial charge in [-0.05, 0) is 18.6 Å². The highest BCUT2D eigenvalue weighted by Crippen LogP contribution is 2.25.